The second-order valence-electron chi connectivity index (χ2n) is 4.51. The van der Waals surface area contributed by atoms with Crippen LogP contribution in [0.4, 0.5) is 0 Å². The van der Waals surface area contributed by atoms with E-state index in [9.17, 15) is 0 Å². The van der Waals surface area contributed by atoms with Crippen LogP contribution in [0.3, 0.4) is 0 Å². The molecule has 1 saturated carbocycles. The van der Waals surface area contributed by atoms with Crippen LogP contribution in [-0.2, 0) is 0 Å². The van der Waals surface area contributed by atoms with E-state index in [2.05, 4.69) is 0 Å². The molecule has 2 bridgehead atoms. The summed E-state index contributed by atoms with van der Waals surface area (Å²) in [5.74, 6) is -0.470. The molecule has 3 aliphatic carbocycles. The highest BCUT2D eigenvalue weighted by Gasteiger charge is 2.83. The summed E-state index contributed by atoms with van der Waals surface area (Å²) in [6.45, 7) is 0. The van der Waals surface area contributed by atoms with Crippen molar-refractivity contribution in [3.05, 3.63) is 22.2 Å². The Balaban J connectivity index is 2.32. The summed E-state index contributed by atoms with van der Waals surface area (Å²) < 4.78 is -1.48. The molecule has 0 aromatic carbocycles. The van der Waals surface area contributed by atoms with Crippen molar-refractivity contribution >= 4 is 81.2 Å². The van der Waals surface area contributed by atoms with Gasteiger partial charge in [-0.05, 0) is 0 Å². The zero-order chi connectivity index (χ0) is 12.8. The summed E-state index contributed by atoms with van der Waals surface area (Å²) in [5, 5.41) is 0.113. The van der Waals surface area contributed by atoms with Crippen LogP contribution >= 0.6 is 81.2 Å². The summed E-state index contributed by atoms with van der Waals surface area (Å²) >= 11 is 44.5. The van der Waals surface area contributed by atoms with Crippen LogP contribution in [0.1, 0.15) is 0 Å². The number of halogens is 7. The Hall–Kier alpha value is 1.51. The number of fused-ring (bicyclic) bond motifs is 5. The molecule has 0 heterocycles. The smallest absolute Gasteiger partial charge is 0.118 e. The van der Waals surface area contributed by atoms with Crippen LogP contribution < -0.4 is 0 Å². The van der Waals surface area contributed by atoms with Crippen molar-refractivity contribution < 1.29 is 0 Å². The minimum atomic E-state index is -1.48. The van der Waals surface area contributed by atoms with Crippen LogP contribution in [0.25, 0.3) is 0 Å². The summed E-state index contributed by atoms with van der Waals surface area (Å²) in [5.41, 5.74) is 0. The molecule has 3 aliphatic rings. The van der Waals surface area contributed by atoms with E-state index in [1.54, 1.807) is 0 Å². The molecule has 0 saturated heterocycles. The summed E-state index contributed by atoms with van der Waals surface area (Å²) in [6.07, 6.45) is 3.69. The van der Waals surface area contributed by atoms with Gasteiger partial charge in [-0.1, -0.05) is 58.6 Å². The summed E-state index contributed by atoms with van der Waals surface area (Å²) in [6, 6.07) is 0. The van der Waals surface area contributed by atoms with E-state index in [1.165, 1.54) is 0 Å². The molecular weight excluding hydrogens is 368 g/mol. The zero-order valence-electron chi connectivity index (χ0n) is 8.03. The molecule has 0 aromatic rings. The Kier molecular flexibility index (Phi) is 2.84. The lowest BCUT2D eigenvalue weighted by molar-refractivity contribution is 0.420. The second-order valence-corrected chi connectivity index (χ2v) is 8.29. The van der Waals surface area contributed by atoms with Crippen LogP contribution in [0.2, 0.25) is 0 Å². The van der Waals surface area contributed by atoms with Gasteiger partial charge in [0.1, 0.15) is 9.75 Å². The van der Waals surface area contributed by atoms with E-state index in [1.807, 2.05) is 12.2 Å². The van der Waals surface area contributed by atoms with Gasteiger partial charge in [-0.25, -0.2) is 0 Å². The molecule has 0 radical (unpaired) electrons. The van der Waals surface area contributed by atoms with Crippen LogP contribution in [0.15, 0.2) is 22.2 Å². The largest absolute Gasteiger partial charge is 0.167 e. The van der Waals surface area contributed by atoms with Crippen LogP contribution in [-0.4, -0.2) is 19.5 Å². The molecule has 0 unspecified atom stereocenters. The average Bonchev–Trinajstić information content (AvgIpc) is 2.73. The van der Waals surface area contributed by atoms with Gasteiger partial charge in [-0.3, -0.25) is 0 Å². The molecule has 94 valence electrons. The first-order valence-electron chi connectivity index (χ1n) is 4.85. The number of alkyl halides is 5. The standard InChI is InChI=1S/C10H5Cl7/c11-4-2-1-3-5(4)9(15)7(13)6(12)8(3,14)10(9,16)17/h1-5H/t3-,4-,5+,8+,9+/m1/s1. The molecule has 0 spiro atoms. The van der Waals surface area contributed by atoms with Gasteiger partial charge in [-0.2, -0.15) is 0 Å². The van der Waals surface area contributed by atoms with E-state index in [-0.39, 0.29) is 27.3 Å². The van der Waals surface area contributed by atoms with Crippen LogP contribution in [0, 0.1) is 11.8 Å². The first-order valence-corrected chi connectivity index (χ1v) is 7.55. The Morgan fingerprint density at radius 3 is 2.00 bits per heavy atom. The first kappa shape index (κ1) is 13.5. The SMILES string of the molecule is ClC1=C(Cl)[C@@]2(Cl)[C@@H]3C=C[C@@H](Cl)[C@H]3[C@@]1(Cl)C2(Cl)Cl. The summed E-state index contributed by atoms with van der Waals surface area (Å²) in [7, 11) is 0. The fourth-order valence-electron chi connectivity index (χ4n) is 3.08. The van der Waals surface area contributed by atoms with Crippen molar-refractivity contribution in [1.29, 1.82) is 0 Å². The highest BCUT2D eigenvalue weighted by Crippen LogP contribution is 2.78. The molecule has 17 heavy (non-hydrogen) atoms. The minimum absolute atomic E-state index is 0.205. The molecule has 0 N–H and O–H groups in total. The Morgan fingerprint density at radius 1 is 0.882 bits per heavy atom. The molecule has 0 aromatic heterocycles. The van der Waals surface area contributed by atoms with Gasteiger partial charge in [0, 0.05) is 11.8 Å². The maximum absolute atomic E-state index is 6.57. The second kappa shape index (κ2) is 3.58. The van der Waals surface area contributed by atoms with Crippen molar-refractivity contribution in [2.24, 2.45) is 11.8 Å². The molecule has 7 heteroatoms. The van der Waals surface area contributed by atoms with Crippen molar-refractivity contribution in [2.45, 2.75) is 19.5 Å². The Labute approximate surface area is 134 Å². The van der Waals surface area contributed by atoms with Gasteiger partial charge in [0.2, 0.25) is 0 Å². The van der Waals surface area contributed by atoms with Crippen molar-refractivity contribution in [3.63, 3.8) is 0 Å². The van der Waals surface area contributed by atoms with Crippen molar-refractivity contribution in [2.75, 3.05) is 0 Å². The lowest BCUT2D eigenvalue weighted by Gasteiger charge is -2.34. The molecule has 3 rings (SSSR count). The average molecular weight is 373 g/mol. The van der Waals surface area contributed by atoms with Gasteiger partial charge in [0.25, 0.3) is 0 Å². The molecular formula is C10H5Cl7. The Morgan fingerprint density at radius 2 is 1.41 bits per heavy atom. The molecule has 5 atom stereocenters. The quantitative estimate of drug-likeness (QED) is 0.402. The maximum Gasteiger partial charge on any atom is 0.167 e. The fraction of sp³-hybridized carbons (Fsp3) is 0.600. The van der Waals surface area contributed by atoms with E-state index in [4.69, 9.17) is 81.2 Å². The molecule has 0 nitrogen and oxygen atoms in total. The van der Waals surface area contributed by atoms with Gasteiger partial charge in [0.05, 0.1) is 15.4 Å². The lowest BCUT2D eigenvalue weighted by atomic mass is 9.84. The van der Waals surface area contributed by atoms with E-state index in [0.717, 1.165) is 0 Å². The first-order chi connectivity index (χ1) is 7.70. The van der Waals surface area contributed by atoms with E-state index in [0.29, 0.717) is 0 Å². The van der Waals surface area contributed by atoms with Gasteiger partial charge < -0.3 is 0 Å². The maximum atomic E-state index is 6.57. The van der Waals surface area contributed by atoms with Crippen LogP contribution in [0.5, 0.6) is 0 Å². The number of hydrogen-bond acceptors (Lipinski definition) is 0. The third-order valence-electron chi connectivity index (χ3n) is 3.90. The molecule has 1 fully saturated rings. The van der Waals surface area contributed by atoms with Gasteiger partial charge in [0.15, 0.2) is 4.33 Å². The topological polar surface area (TPSA) is 0 Å². The van der Waals surface area contributed by atoms with Crippen molar-refractivity contribution in [3.8, 4) is 0 Å². The van der Waals surface area contributed by atoms with Gasteiger partial charge >= 0.3 is 0 Å². The Bertz CT molecular complexity index is 467. The van der Waals surface area contributed by atoms with Gasteiger partial charge in [-0.15, -0.1) is 34.8 Å². The lowest BCUT2D eigenvalue weighted by Crippen LogP contribution is -2.45. The third kappa shape index (κ3) is 1.15. The summed E-state index contributed by atoms with van der Waals surface area (Å²) in [4.78, 5) is -2.45. The normalized spacial score (nSPS) is 54.6. The predicted octanol–water partition coefficient (Wildman–Crippen LogP) is 5.24. The number of rotatable bonds is 0. The van der Waals surface area contributed by atoms with E-state index >= 15 is 0 Å². The monoisotopic (exact) mass is 370 g/mol. The minimum Gasteiger partial charge on any atom is -0.118 e. The van der Waals surface area contributed by atoms with E-state index < -0.39 is 14.1 Å². The third-order valence-corrected chi connectivity index (χ3v) is 8.61. The number of hydrogen-bond donors (Lipinski definition) is 0. The van der Waals surface area contributed by atoms with Crippen molar-refractivity contribution in [1.82, 2.24) is 0 Å². The molecule has 0 amide bonds. The number of allylic oxidation sites excluding steroid dienone is 4. The molecule has 0 aliphatic heterocycles. The zero-order valence-corrected chi connectivity index (χ0v) is 13.3. The highest BCUT2D eigenvalue weighted by atomic mass is 35.5. The fourth-order valence-corrected chi connectivity index (χ4v) is 6.60. The predicted molar refractivity (Wildman–Crippen MR) is 76.1 cm³/mol. The highest BCUT2D eigenvalue weighted by molar-refractivity contribution is 6.66.